The lowest BCUT2D eigenvalue weighted by Gasteiger charge is -2.17. The van der Waals surface area contributed by atoms with Gasteiger partial charge in [0.2, 0.25) is 11.9 Å². The molecule has 0 spiro atoms. The summed E-state index contributed by atoms with van der Waals surface area (Å²) in [4.78, 5) is 34.0. The fourth-order valence-electron chi connectivity index (χ4n) is 2.79. The van der Waals surface area contributed by atoms with Crippen LogP contribution in [-0.2, 0) is 4.79 Å². The molecule has 27 heavy (non-hydrogen) atoms. The Hall–Kier alpha value is -3.18. The van der Waals surface area contributed by atoms with Crippen molar-refractivity contribution in [1.82, 2.24) is 14.9 Å². The van der Waals surface area contributed by atoms with Gasteiger partial charge in [0, 0.05) is 30.4 Å². The quantitative estimate of drug-likeness (QED) is 0.818. The largest absolute Gasteiger partial charge is 0.350 e. The zero-order chi connectivity index (χ0) is 19.2. The molecule has 1 fully saturated rings. The van der Waals surface area contributed by atoms with Crippen LogP contribution in [0.4, 0.5) is 11.6 Å². The number of hydrogen-bond acceptors (Lipinski definition) is 6. The Bertz CT molecular complexity index is 863. The van der Waals surface area contributed by atoms with Crippen molar-refractivity contribution in [3.8, 4) is 6.07 Å². The van der Waals surface area contributed by atoms with E-state index in [1.54, 1.807) is 35.2 Å². The number of carbonyl (C=O) groups is 2. The summed E-state index contributed by atoms with van der Waals surface area (Å²) in [5.74, 6) is 0.0249. The number of benzene rings is 1. The highest BCUT2D eigenvalue weighted by molar-refractivity contribution is 6.30. The number of amides is 2. The number of carbonyl (C=O) groups excluding carboxylic acids is 2. The number of nitriles is 1. The van der Waals surface area contributed by atoms with Gasteiger partial charge in [0.15, 0.2) is 0 Å². The van der Waals surface area contributed by atoms with Crippen molar-refractivity contribution in [2.75, 3.05) is 23.7 Å². The number of aromatic nitrogens is 2. The summed E-state index contributed by atoms with van der Waals surface area (Å²) in [6.07, 6.45) is 3.62. The SMILES string of the molecule is N#CCC(=O)Nc1ccc(C(=O)N2CC[C@@H](Nc3ncc(Cl)cn3)C2)cc1. The van der Waals surface area contributed by atoms with Crippen LogP contribution in [0.5, 0.6) is 0 Å². The lowest BCUT2D eigenvalue weighted by molar-refractivity contribution is -0.115. The van der Waals surface area contributed by atoms with Crippen molar-refractivity contribution in [2.45, 2.75) is 18.9 Å². The molecule has 2 N–H and O–H groups in total. The molecule has 3 rings (SSSR count). The van der Waals surface area contributed by atoms with Crippen molar-refractivity contribution in [3.05, 3.63) is 47.2 Å². The molecule has 1 aliphatic heterocycles. The molecule has 1 aliphatic rings. The predicted molar refractivity (Wildman–Crippen MR) is 100 cm³/mol. The molecule has 2 amide bonds. The average Bonchev–Trinajstić information content (AvgIpc) is 3.12. The highest BCUT2D eigenvalue weighted by Gasteiger charge is 2.27. The second kappa shape index (κ2) is 8.47. The van der Waals surface area contributed by atoms with Gasteiger partial charge < -0.3 is 15.5 Å². The molecule has 0 bridgehead atoms. The minimum Gasteiger partial charge on any atom is -0.350 e. The fraction of sp³-hybridized carbons (Fsp3) is 0.278. The van der Waals surface area contributed by atoms with E-state index in [9.17, 15) is 9.59 Å². The van der Waals surface area contributed by atoms with Gasteiger partial charge in [-0.1, -0.05) is 11.6 Å². The van der Waals surface area contributed by atoms with Gasteiger partial charge in [0.25, 0.3) is 5.91 Å². The second-order valence-corrected chi connectivity index (χ2v) is 6.50. The van der Waals surface area contributed by atoms with Gasteiger partial charge >= 0.3 is 0 Å². The predicted octanol–water partition coefficient (Wildman–Crippen LogP) is 2.31. The van der Waals surface area contributed by atoms with E-state index in [-0.39, 0.29) is 24.3 Å². The van der Waals surface area contributed by atoms with E-state index in [0.29, 0.717) is 35.3 Å². The zero-order valence-corrected chi connectivity index (χ0v) is 15.1. The average molecular weight is 385 g/mol. The van der Waals surface area contributed by atoms with Gasteiger partial charge in [0.05, 0.1) is 23.5 Å². The van der Waals surface area contributed by atoms with Crippen LogP contribution in [0.25, 0.3) is 0 Å². The number of halogens is 1. The Balaban J connectivity index is 1.56. The van der Waals surface area contributed by atoms with Crippen LogP contribution in [0.15, 0.2) is 36.7 Å². The molecule has 1 atom stereocenters. The molecule has 2 heterocycles. The van der Waals surface area contributed by atoms with E-state index >= 15 is 0 Å². The van der Waals surface area contributed by atoms with E-state index < -0.39 is 0 Å². The van der Waals surface area contributed by atoms with E-state index in [1.807, 2.05) is 0 Å². The standard InChI is InChI=1S/C18H17ClN6O2/c19-13-9-21-18(22-10-13)24-15-6-8-25(11-15)17(27)12-1-3-14(4-2-12)23-16(26)5-7-20/h1-4,9-10,15H,5-6,8,11H2,(H,23,26)(H,21,22,24)/t15-/m1/s1. The number of nitrogens with zero attached hydrogens (tertiary/aromatic N) is 4. The molecule has 1 aromatic carbocycles. The Labute approximate surface area is 161 Å². The summed E-state index contributed by atoms with van der Waals surface area (Å²) >= 11 is 5.77. The molecule has 0 saturated carbocycles. The fourth-order valence-corrected chi connectivity index (χ4v) is 2.89. The number of hydrogen-bond donors (Lipinski definition) is 2. The van der Waals surface area contributed by atoms with E-state index in [2.05, 4.69) is 20.6 Å². The number of likely N-dealkylation sites (tertiary alicyclic amines) is 1. The van der Waals surface area contributed by atoms with Gasteiger partial charge in [-0.3, -0.25) is 9.59 Å². The van der Waals surface area contributed by atoms with Crippen LogP contribution >= 0.6 is 11.6 Å². The molecule has 0 unspecified atom stereocenters. The highest BCUT2D eigenvalue weighted by Crippen LogP contribution is 2.18. The summed E-state index contributed by atoms with van der Waals surface area (Å²) in [5, 5.41) is 14.8. The third-order valence-electron chi connectivity index (χ3n) is 4.08. The topological polar surface area (TPSA) is 111 Å². The summed E-state index contributed by atoms with van der Waals surface area (Å²) < 4.78 is 0. The molecule has 0 radical (unpaired) electrons. The summed E-state index contributed by atoms with van der Waals surface area (Å²) in [5.41, 5.74) is 1.09. The van der Waals surface area contributed by atoms with Gasteiger partial charge in [-0.25, -0.2) is 9.97 Å². The van der Waals surface area contributed by atoms with E-state index in [4.69, 9.17) is 16.9 Å². The molecular weight excluding hydrogens is 368 g/mol. The van der Waals surface area contributed by atoms with Crippen LogP contribution in [0.3, 0.4) is 0 Å². The van der Waals surface area contributed by atoms with Gasteiger partial charge in [-0.15, -0.1) is 0 Å². The highest BCUT2D eigenvalue weighted by atomic mass is 35.5. The first-order valence-electron chi connectivity index (χ1n) is 8.35. The summed E-state index contributed by atoms with van der Waals surface area (Å²) in [6, 6.07) is 8.47. The molecule has 9 heteroatoms. The van der Waals surface area contributed by atoms with E-state index in [0.717, 1.165) is 6.42 Å². The third kappa shape index (κ3) is 4.92. The van der Waals surface area contributed by atoms with Crippen LogP contribution < -0.4 is 10.6 Å². The lowest BCUT2D eigenvalue weighted by Crippen LogP contribution is -2.31. The van der Waals surface area contributed by atoms with Crippen molar-refractivity contribution in [2.24, 2.45) is 0 Å². The molecule has 138 valence electrons. The molecular formula is C18H17ClN6O2. The van der Waals surface area contributed by atoms with Gasteiger partial charge in [-0.2, -0.15) is 5.26 Å². The monoisotopic (exact) mass is 384 g/mol. The van der Waals surface area contributed by atoms with Crippen molar-refractivity contribution in [3.63, 3.8) is 0 Å². The maximum Gasteiger partial charge on any atom is 0.253 e. The summed E-state index contributed by atoms with van der Waals surface area (Å²) in [7, 11) is 0. The minimum absolute atomic E-state index is 0.0691. The van der Waals surface area contributed by atoms with E-state index in [1.165, 1.54) is 12.4 Å². The Morgan fingerprint density at radius 2 is 1.96 bits per heavy atom. The normalized spacial score (nSPS) is 15.9. The first-order valence-corrected chi connectivity index (χ1v) is 8.73. The molecule has 1 saturated heterocycles. The third-order valence-corrected chi connectivity index (χ3v) is 4.28. The molecule has 8 nitrogen and oxygen atoms in total. The number of nitrogens with one attached hydrogen (secondary N) is 2. The molecule has 0 aliphatic carbocycles. The van der Waals surface area contributed by atoms with Crippen LogP contribution in [0, 0.1) is 11.3 Å². The first-order chi connectivity index (χ1) is 13.0. The van der Waals surface area contributed by atoms with Gasteiger partial charge in [0.1, 0.15) is 6.42 Å². The van der Waals surface area contributed by atoms with Crippen LogP contribution in [-0.4, -0.2) is 45.8 Å². The first kappa shape index (κ1) is 18.6. The Kier molecular flexibility index (Phi) is 5.84. The molecule has 2 aromatic rings. The maximum atomic E-state index is 12.6. The van der Waals surface area contributed by atoms with Crippen molar-refractivity contribution >= 4 is 35.1 Å². The number of anilines is 2. The van der Waals surface area contributed by atoms with Crippen molar-refractivity contribution in [1.29, 1.82) is 5.26 Å². The van der Waals surface area contributed by atoms with Crippen LogP contribution in [0.2, 0.25) is 5.02 Å². The zero-order valence-electron chi connectivity index (χ0n) is 14.4. The lowest BCUT2D eigenvalue weighted by atomic mass is 10.2. The second-order valence-electron chi connectivity index (χ2n) is 6.07. The van der Waals surface area contributed by atoms with Crippen molar-refractivity contribution < 1.29 is 9.59 Å². The van der Waals surface area contributed by atoms with Gasteiger partial charge in [-0.05, 0) is 30.7 Å². The van der Waals surface area contributed by atoms with Crippen LogP contribution in [0.1, 0.15) is 23.2 Å². The Morgan fingerprint density at radius 3 is 2.63 bits per heavy atom. The Morgan fingerprint density at radius 1 is 1.26 bits per heavy atom. The maximum absolute atomic E-state index is 12.6. The number of rotatable bonds is 5. The smallest absolute Gasteiger partial charge is 0.253 e. The summed E-state index contributed by atoms with van der Waals surface area (Å²) in [6.45, 7) is 1.18. The minimum atomic E-state index is -0.380. The molecule has 1 aromatic heterocycles.